The second-order valence-corrected chi connectivity index (χ2v) is 3.68. The Labute approximate surface area is 90.4 Å². The second kappa shape index (κ2) is 7.01. The minimum Gasteiger partial charge on any atom is -0.277 e. The fourth-order valence-electron chi connectivity index (χ4n) is 1.37. The van der Waals surface area contributed by atoms with Crippen LogP contribution in [0.4, 0.5) is 0 Å². The van der Waals surface area contributed by atoms with Crippen LogP contribution in [0.2, 0.25) is 0 Å². The topological polar surface area (TPSA) is 38.3 Å². The van der Waals surface area contributed by atoms with E-state index < -0.39 is 0 Å². The molecule has 1 unspecified atom stereocenters. The Hall–Kier alpha value is -1.35. The number of carbonyl (C=O) groups is 1. The third-order valence-corrected chi connectivity index (χ3v) is 2.27. The van der Waals surface area contributed by atoms with Crippen molar-refractivity contribution in [1.82, 2.24) is 5.48 Å². The number of benzene rings is 1. The zero-order chi connectivity index (χ0) is 10.9. The normalized spacial score (nSPS) is 12.1. The van der Waals surface area contributed by atoms with Crippen LogP contribution in [0.15, 0.2) is 30.3 Å². The van der Waals surface area contributed by atoms with Crippen LogP contribution in [0.3, 0.4) is 0 Å². The molecular formula is C12H17NO2. The van der Waals surface area contributed by atoms with Gasteiger partial charge in [-0.2, -0.15) is 0 Å². The lowest BCUT2D eigenvalue weighted by Crippen LogP contribution is -2.17. The van der Waals surface area contributed by atoms with E-state index in [2.05, 4.69) is 24.5 Å². The van der Waals surface area contributed by atoms with Crippen LogP contribution >= 0.6 is 0 Å². The zero-order valence-electron chi connectivity index (χ0n) is 8.98. The maximum Gasteiger partial charge on any atom is 0.230 e. The van der Waals surface area contributed by atoms with Gasteiger partial charge in [-0.25, -0.2) is 5.48 Å². The van der Waals surface area contributed by atoms with Gasteiger partial charge >= 0.3 is 0 Å². The van der Waals surface area contributed by atoms with Crippen LogP contribution in [-0.4, -0.2) is 13.0 Å². The summed E-state index contributed by atoms with van der Waals surface area (Å²) >= 11 is 0. The first-order valence-corrected chi connectivity index (χ1v) is 5.18. The Morgan fingerprint density at radius 1 is 1.40 bits per heavy atom. The van der Waals surface area contributed by atoms with Gasteiger partial charge in [0.25, 0.3) is 0 Å². The first-order chi connectivity index (χ1) is 7.33. The molecule has 0 aliphatic rings. The van der Waals surface area contributed by atoms with Crippen molar-refractivity contribution in [3.8, 4) is 0 Å². The molecule has 0 bridgehead atoms. The molecular weight excluding hydrogens is 190 g/mol. The first-order valence-electron chi connectivity index (χ1n) is 5.18. The molecule has 0 aliphatic carbocycles. The molecule has 0 spiro atoms. The summed E-state index contributed by atoms with van der Waals surface area (Å²) in [6.07, 6.45) is 2.65. The third-order valence-electron chi connectivity index (χ3n) is 2.27. The van der Waals surface area contributed by atoms with Crippen LogP contribution in [0.5, 0.6) is 0 Å². The number of amides is 1. The molecule has 0 saturated carbocycles. The van der Waals surface area contributed by atoms with Crippen LogP contribution in [0.25, 0.3) is 0 Å². The Morgan fingerprint density at radius 2 is 2.13 bits per heavy atom. The second-order valence-electron chi connectivity index (χ2n) is 3.68. The molecule has 1 atom stereocenters. The molecule has 0 saturated heterocycles. The largest absolute Gasteiger partial charge is 0.277 e. The van der Waals surface area contributed by atoms with E-state index >= 15 is 0 Å². The van der Waals surface area contributed by atoms with E-state index in [9.17, 15) is 4.79 Å². The van der Waals surface area contributed by atoms with Gasteiger partial charge in [0.1, 0.15) is 0 Å². The minimum absolute atomic E-state index is 0.442. The van der Waals surface area contributed by atoms with Crippen molar-refractivity contribution < 1.29 is 9.63 Å². The number of nitrogens with one attached hydrogen (secondary N) is 1. The average molecular weight is 207 g/mol. The summed E-state index contributed by atoms with van der Waals surface area (Å²) in [6.45, 7) is 2.67. The average Bonchev–Trinajstić information content (AvgIpc) is 2.28. The van der Waals surface area contributed by atoms with Gasteiger partial charge in [-0.3, -0.25) is 9.63 Å². The molecule has 0 heterocycles. The highest BCUT2D eigenvalue weighted by molar-refractivity contribution is 5.43. The summed E-state index contributed by atoms with van der Waals surface area (Å²) in [5.74, 6) is 0.442. The molecule has 1 amide bonds. The number of aryl methyl sites for hydroxylation is 1. The number of hydrogen-bond donors (Lipinski definition) is 1. The van der Waals surface area contributed by atoms with E-state index in [1.807, 2.05) is 18.2 Å². The van der Waals surface area contributed by atoms with Gasteiger partial charge in [0.2, 0.25) is 6.41 Å². The molecule has 0 radical (unpaired) electrons. The van der Waals surface area contributed by atoms with Crippen molar-refractivity contribution in [1.29, 1.82) is 0 Å². The standard InChI is InChI=1S/C12H17NO2/c1-11(9-15-13-10-14)7-8-12-5-3-2-4-6-12/h2-6,10-11H,7-9H2,1H3,(H,13,14). The van der Waals surface area contributed by atoms with Crippen molar-refractivity contribution in [3.05, 3.63) is 35.9 Å². The van der Waals surface area contributed by atoms with E-state index in [0.29, 0.717) is 18.9 Å². The Kier molecular flexibility index (Phi) is 5.48. The minimum atomic E-state index is 0.442. The summed E-state index contributed by atoms with van der Waals surface area (Å²) in [5.41, 5.74) is 3.54. The van der Waals surface area contributed by atoms with Gasteiger partial charge in [-0.05, 0) is 24.3 Å². The van der Waals surface area contributed by atoms with Crippen LogP contribution in [-0.2, 0) is 16.1 Å². The molecule has 1 aromatic rings. The van der Waals surface area contributed by atoms with Gasteiger partial charge in [-0.1, -0.05) is 37.3 Å². The van der Waals surface area contributed by atoms with Crippen molar-refractivity contribution in [2.75, 3.05) is 6.61 Å². The monoisotopic (exact) mass is 207 g/mol. The molecule has 1 rings (SSSR count). The van der Waals surface area contributed by atoms with Crippen LogP contribution in [0, 0.1) is 5.92 Å². The third kappa shape index (κ3) is 5.18. The van der Waals surface area contributed by atoms with E-state index in [0.717, 1.165) is 12.8 Å². The van der Waals surface area contributed by atoms with Crippen molar-refractivity contribution in [3.63, 3.8) is 0 Å². The highest BCUT2D eigenvalue weighted by Crippen LogP contribution is 2.09. The predicted octanol–water partition coefficient (Wildman–Crippen LogP) is 1.93. The first kappa shape index (κ1) is 11.7. The molecule has 3 nitrogen and oxygen atoms in total. The van der Waals surface area contributed by atoms with Crippen LogP contribution < -0.4 is 5.48 Å². The van der Waals surface area contributed by atoms with Crippen molar-refractivity contribution in [2.45, 2.75) is 19.8 Å². The number of hydroxylamine groups is 1. The maximum atomic E-state index is 9.93. The fraction of sp³-hybridized carbons (Fsp3) is 0.417. The molecule has 82 valence electrons. The maximum absolute atomic E-state index is 9.93. The highest BCUT2D eigenvalue weighted by Gasteiger charge is 2.02. The lowest BCUT2D eigenvalue weighted by molar-refractivity contribution is -0.121. The summed E-state index contributed by atoms with van der Waals surface area (Å²) in [6, 6.07) is 10.4. The summed E-state index contributed by atoms with van der Waals surface area (Å²) in [5, 5.41) is 0. The SMILES string of the molecule is CC(CCc1ccccc1)CONC=O. The lowest BCUT2D eigenvalue weighted by atomic mass is 10.0. The lowest BCUT2D eigenvalue weighted by Gasteiger charge is -2.10. The number of rotatable bonds is 7. The van der Waals surface area contributed by atoms with Gasteiger partial charge in [0.15, 0.2) is 0 Å². The van der Waals surface area contributed by atoms with Gasteiger partial charge in [0, 0.05) is 0 Å². The van der Waals surface area contributed by atoms with E-state index in [4.69, 9.17) is 4.84 Å². The Morgan fingerprint density at radius 3 is 2.80 bits per heavy atom. The van der Waals surface area contributed by atoms with Gasteiger partial charge in [0.05, 0.1) is 6.61 Å². The quantitative estimate of drug-likeness (QED) is 0.421. The van der Waals surface area contributed by atoms with Crippen LogP contribution in [0.1, 0.15) is 18.9 Å². The Balaban J connectivity index is 2.16. The molecule has 0 aromatic heterocycles. The predicted molar refractivity (Wildman–Crippen MR) is 59.1 cm³/mol. The van der Waals surface area contributed by atoms with Crippen molar-refractivity contribution >= 4 is 6.41 Å². The number of carbonyl (C=O) groups excluding carboxylic acids is 1. The van der Waals surface area contributed by atoms with Gasteiger partial charge in [-0.15, -0.1) is 0 Å². The molecule has 15 heavy (non-hydrogen) atoms. The smallest absolute Gasteiger partial charge is 0.230 e. The van der Waals surface area contributed by atoms with E-state index in [-0.39, 0.29) is 0 Å². The van der Waals surface area contributed by atoms with Gasteiger partial charge < -0.3 is 0 Å². The molecule has 0 fully saturated rings. The van der Waals surface area contributed by atoms with E-state index in [1.165, 1.54) is 5.56 Å². The fourth-order valence-corrected chi connectivity index (χ4v) is 1.37. The zero-order valence-corrected chi connectivity index (χ0v) is 8.98. The van der Waals surface area contributed by atoms with E-state index in [1.54, 1.807) is 0 Å². The number of hydrogen-bond acceptors (Lipinski definition) is 2. The van der Waals surface area contributed by atoms with Crippen molar-refractivity contribution in [2.24, 2.45) is 5.92 Å². The summed E-state index contributed by atoms with van der Waals surface area (Å²) in [4.78, 5) is 14.8. The molecule has 3 heteroatoms. The summed E-state index contributed by atoms with van der Waals surface area (Å²) in [7, 11) is 0. The highest BCUT2D eigenvalue weighted by atomic mass is 16.6. The molecule has 1 N–H and O–H groups in total. The molecule has 1 aromatic carbocycles. The Bertz CT molecular complexity index is 274. The molecule has 0 aliphatic heterocycles. The summed E-state index contributed by atoms with van der Waals surface area (Å²) < 4.78 is 0.